The number of hydrogen-bond donors (Lipinski definition) is 2. The number of ether oxygens (including phenoxy) is 1. The van der Waals surface area contributed by atoms with E-state index in [4.69, 9.17) is 4.74 Å². The van der Waals surface area contributed by atoms with Gasteiger partial charge in [0, 0.05) is 0 Å². The van der Waals surface area contributed by atoms with Gasteiger partial charge in [-0.05, 0) is 24.2 Å². The van der Waals surface area contributed by atoms with Gasteiger partial charge in [0.2, 0.25) is 0 Å². The van der Waals surface area contributed by atoms with Crippen molar-refractivity contribution < 1.29 is 9.13 Å². The van der Waals surface area contributed by atoms with E-state index in [1.807, 2.05) is 6.92 Å². The van der Waals surface area contributed by atoms with E-state index in [9.17, 15) is 4.39 Å². The van der Waals surface area contributed by atoms with Crippen LogP contribution < -0.4 is 10.1 Å². The van der Waals surface area contributed by atoms with Crippen LogP contribution in [0, 0.1) is 5.82 Å². The number of nitrogens with one attached hydrogen (secondary N) is 2. The molecule has 0 spiro atoms. The number of H-pyrrole nitrogens is 1. The first kappa shape index (κ1) is 12.5. The second-order valence-electron chi connectivity index (χ2n) is 3.76. The number of halogens is 1. The van der Waals surface area contributed by atoms with E-state index < -0.39 is 5.82 Å². The standard InChI is InChI=1S/C12H15FN4O/c1-3-14-11(12-15-7-16-17-12)8-4-5-10(18-2)9(13)6-8/h4-7,11,14H,3H2,1-2H3,(H,15,16,17). The van der Waals surface area contributed by atoms with Crippen LogP contribution in [0.15, 0.2) is 24.5 Å². The Kier molecular flexibility index (Phi) is 3.88. The molecule has 0 aliphatic carbocycles. The number of nitrogens with zero attached hydrogens (tertiary/aromatic N) is 2. The van der Waals surface area contributed by atoms with E-state index in [1.165, 1.54) is 19.5 Å². The first-order valence-electron chi connectivity index (χ1n) is 5.68. The van der Waals surface area contributed by atoms with Crippen molar-refractivity contribution in [3.8, 4) is 5.75 Å². The lowest BCUT2D eigenvalue weighted by Crippen LogP contribution is -2.23. The summed E-state index contributed by atoms with van der Waals surface area (Å²) in [5.41, 5.74) is 0.770. The number of rotatable bonds is 5. The van der Waals surface area contributed by atoms with E-state index in [1.54, 1.807) is 12.1 Å². The minimum atomic E-state index is -0.391. The molecule has 2 N–H and O–H groups in total. The molecule has 0 radical (unpaired) electrons. The van der Waals surface area contributed by atoms with E-state index in [0.29, 0.717) is 5.82 Å². The highest BCUT2D eigenvalue weighted by atomic mass is 19.1. The van der Waals surface area contributed by atoms with Gasteiger partial charge in [0.15, 0.2) is 11.6 Å². The van der Waals surface area contributed by atoms with Crippen LogP contribution in [0.4, 0.5) is 4.39 Å². The van der Waals surface area contributed by atoms with Crippen LogP contribution in [-0.2, 0) is 0 Å². The van der Waals surface area contributed by atoms with Gasteiger partial charge >= 0.3 is 0 Å². The Hall–Kier alpha value is -1.95. The van der Waals surface area contributed by atoms with Gasteiger partial charge < -0.3 is 10.1 Å². The summed E-state index contributed by atoms with van der Waals surface area (Å²) >= 11 is 0. The largest absolute Gasteiger partial charge is 0.494 e. The zero-order chi connectivity index (χ0) is 13.0. The van der Waals surface area contributed by atoms with E-state index >= 15 is 0 Å². The van der Waals surface area contributed by atoms with Crippen molar-refractivity contribution >= 4 is 0 Å². The molecule has 0 aliphatic heterocycles. The SMILES string of the molecule is CCNC(c1ccc(OC)c(F)c1)c1ncn[nH]1. The third-order valence-corrected chi connectivity index (χ3v) is 2.62. The van der Waals surface area contributed by atoms with Gasteiger partial charge in [0.05, 0.1) is 13.2 Å². The van der Waals surface area contributed by atoms with Crippen LogP contribution in [0.5, 0.6) is 5.75 Å². The van der Waals surface area contributed by atoms with Gasteiger partial charge in [-0.3, -0.25) is 5.10 Å². The predicted octanol–water partition coefficient (Wildman–Crippen LogP) is 1.65. The van der Waals surface area contributed by atoms with Crippen LogP contribution in [0.2, 0.25) is 0 Å². The molecule has 1 atom stereocenters. The molecule has 1 aromatic heterocycles. The van der Waals surface area contributed by atoms with Crippen LogP contribution in [0.1, 0.15) is 24.4 Å². The number of hydrogen-bond acceptors (Lipinski definition) is 4. The number of aromatic amines is 1. The third-order valence-electron chi connectivity index (χ3n) is 2.62. The van der Waals surface area contributed by atoms with Gasteiger partial charge in [0.1, 0.15) is 12.2 Å². The summed E-state index contributed by atoms with van der Waals surface area (Å²) in [6, 6.07) is 4.63. The molecule has 6 heteroatoms. The second-order valence-corrected chi connectivity index (χ2v) is 3.76. The average Bonchev–Trinajstić information content (AvgIpc) is 2.89. The van der Waals surface area contributed by atoms with Crippen LogP contribution in [0.3, 0.4) is 0 Å². The second kappa shape index (κ2) is 5.59. The molecule has 2 rings (SSSR count). The summed E-state index contributed by atoms with van der Waals surface area (Å²) in [5.74, 6) is 0.491. The monoisotopic (exact) mass is 250 g/mol. The molecule has 0 saturated heterocycles. The molecule has 1 heterocycles. The van der Waals surface area contributed by atoms with Crippen molar-refractivity contribution in [2.45, 2.75) is 13.0 Å². The number of aromatic nitrogens is 3. The Morgan fingerprint density at radius 3 is 2.89 bits per heavy atom. The van der Waals surface area contributed by atoms with Crippen molar-refractivity contribution in [3.05, 3.63) is 41.7 Å². The Bertz CT molecular complexity index is 501. The van der Waals surface area contributed by atoms with Crippen LogP contribution >= 0.6 is 0 Å². The summed E-state index contributed by atoms with van der Waals surface area (Å²) in [6.45, 7) is 2.71. The lowest BCUT2D eigenvalue weighted by molar-refractivity contribution is 0.385. The van der Waals surface area contributed by atoms with Crippen molar-refractivity contribution in [1.82, 2.24) is 20.5 Å². The highest BCUT2D eigenvalue weighted by molar-refractivity contribution is 5.33. The first-order valence-corrected chi connectivity index (χ1v) is 5.68. The molecule has 0 amide bonds. The molecule has 2 aromatic rings. The Balaban J connectivity index is 2.34. The fourth-order valence-electron chi connectivity index (χ4n) is 1.79. The van der Waals surface area contributed by atoms with Crippen molar-refractivity contribution in [3.63, 3.8) is 0 Å². The summed E-state index contributed by atoms with van der Waals surface area (Å²) in [6.07, 6.45) is 1.43. The van der Waals surface area contributed by atoms with Gasteiger partial charge in [0.25, 0.3) is 0 Å². The lowest BCUT2D eigenvalue weighted by Gasteiger charge is -2.16. The van der Waals surface area contributed by atoms with E-state index in [-0.39, 0.29) is 11.8 Å². The fraction of sp³-hybridized carbons (Fsp3) is 0.333. The summed E-state index contributed by atoms with van der Waals surface area (Å²) in [5, 5.41) is 9.83. The lowest BCUT2D eigenvalue weighted by atomic mass is 10.1. The topological polar surface area (TPSA) is 62.8 Å². The molecule has 0 fully saturated rings. The van der Waals surface area contributed by atoms with E-state index in [0.717, 1.165) is 12.1 Å². The molecule has 0 saturated carbocycles. The molecule has 5 nitrogen and oxygen atoms in total. The molecular weight excluding hydrogens is 235 g/mol. The Morgan fingerprint density at radius 2 is 2.33 bits per heavy atom. The minimum Gasteiger partial charge on any atom is -0.494 e. The highest BCUT2D eigenvalue weighted by Gasteiger charge is 2.17. The zero-order valence-corrected chi connectivity index (χ0v) is 10.3. The molecular formula is C12H15FN4O. The summed E-state index contributed by atoms with van der Waals surface area (Å²) < 4.78 is 18.6. The predicted molar refractivity (Wildman–Crippen MR) is 64.9 cm³/mol. The van der Waals surface area contributed by atoms with Gasteiger partial charge in [-0.25, -0.2) is 9.37 Å². The Morgan fingerprint density at radius 1 is 1.50 bits per heavy atom. The molecule has 96 valence electrons. The number of methoxy groups -OCH3 is 1. The summed E-state index contributed by atoms with van der Waals surface area (Å²) in [7, 11) is 1.44. The fourth-order valence-corrected chi connectivity index (χ4v) is 1.79. The Labute approximate surface area is 104 Å². The van der Waals surface area contributed by atoms with E-state index in [2.05, 4.69) is 20.5 Å². The maximum atomic E-state index is 13.7. The smallest absolute Gasteiger partial charge is 0.165 e. The summed E-state index contributed by atoms with van der Waals surface area (Å²) in [4.78, 5) is 4.10. The third kappa shape index (κ3) is 2.48. The first-order chi connectivity index (χ1) is 8.76. The van der Waals surface area contributed by atoms with Crippen molar-refractivity contribution in [2.24, 2.45) is 0 Å². The molecule has 0 aliphatic rings. The van der Waals surface area contributed by atoms with Crippen molar-refractivity contribution in [2.75, 3.05) is 13.7 Å². The maximum absolute atomic E-state index is 13.7. The van der Waals surface area contributed by atoms with Gasteiger partial charge in [-0.15, -0.1) is 0 Å². The van der Waals surface area contributed by atoms with Crippen molar-refractivity contribution in [1.29, 1.82) is 0 Å². The van der Waals surface area contributed by atoms with Crippen LogP contribution in [0.25, 0.3) is 0 Å². The molecule has 1 aromatic carbocycles. The minimum absolute atomic E-state index is 0.210. The van der Waals surface area contributed by atoms with Crippen LogP contribution in [-0.4, -0.2) is 28.8 Å². The maximum Gasteiger partial charge on any atom is 0.165 e. The average molecular weight is 250 g/mol. The number of benzene rings is 1. The molecule has 0 bridgehead atoms. The normalized spacial score (nSPS) is 12.4. The van der Waals surface area contributed by atoms with Gasteiger partial charge in [-0.1, -0.05) is 13.0 Å². The highest BCUT2D eigenvalue weighted by Crippen LogP contribution is 2.24. The molecule has 1 unspecified atom stereocenters. The zero-order valence-electron chi connectivity index (χ0n) is 10.3. The quantitative estimate of drug-likeness (QED) is 0.847. The molecule has 18 heavy (non-hydrogen) atoms. The van der Waals surface area contributed by atoms with Gasteiger partial charge in [-0.2, -0.15) is 5.10 Å².